The fraction of sp³-hybridized carbons (Fsp3) is 0.750. The van der Waals surface area contributed by atoms with Crippen LogP contribution in [0.25, 0.3) is 0 Å². The number of carbonyl (C=O) groups is 1. The highest BCUT2D eigenvalue weighted by Crippen LogP contribution is 2.60. The number of aliphatic hydroxyl groups is 2. The second-order valence-electron chi connectivity index (χ2n) is 9.49. The van der Waals surface area contributed by atoms with Crippen LogP contribution in [0.5, 0.6) is 0 Å². The zero-order valence-corrected chi connectivity index (χ0v) is 16.3. The van der Waals surface area contributed by atoms with Crippen molar-refractivity contribution in [1.29, 1.82) is 0 Å². The molecule has 4 bridgehead atoms. The summed E-state index contributed by atoms with van der Waals surface area (Å²) in [5.41, 5.74) is -1.35. The van der Waals surface area contributed by atoms with Gasteiger partial charge in [-0.2, -0.15) is 4.98 Å². The number of anilines is 1. The molecule has 1 aliphatic heterocycles. The predicted molar refractivity (Wildman–Crippen MR) is 99.3 cm³/mol. The highest BCUT2D eigenvalue weighted by Gasteiger charge is 2.54. The molecular formula is C20H26FN3O5. The maximum Gasteiger partial charge on any atom is 0.351 e. The molecule has 1 amide bonds. The van der Waals surface area contributed by atoms with E-state index in [4.69, 9.17) is 4.74 Å². The molecule has 158 valence electrons. The van der Waals surface area contributed by atoms with Crippen LogP contribution in [-0.2, 0) is 9.53 Å². The van der Waals surface area contributed by atoms with Gasteiger partial charge >= 0.3 is 5.69 Å². The first kappa shape index (κ1) is 19.1. The van der Waals surface area contributed by atoms with E-state index in [1.807, 2.05) is 0 Å². The zero-order chi connectivity index (χ0) is 20.5. The summed E-state index contributed by atoms with van der Waals surface area (Å²) < 4.78 is 20.9. The molecule has 1 saturated heterocycles. The minimum absolute atomic E-state index is 0.249. The molecule has 0 radical (unpaired) electrons. The average Bonchev–Trinajstić information content (AvgIpc) is 2.90. The molecule has 2 unspecified atom stereocenters. The van der Waals surface area contributed by atoms with Crippen molar-refractivity contribution in [2.45, 2.75) is 70.0 Å². The third kappa shape index (κ3) is 3.02. The van der Waals surface area contributed by atoms with E-state index in [0.29, 0.717) is 17.8 Å². The van der Waals surface area contributed by atoms with Crippen LogP contribution in [0.4, 0.5) is 10.2 Å². The van der Waals surface area contributed by atoms with Gasteiger partial charge in [0.1, 0.15) is 12.2 Å². The summed E-state index contributed by atoms with van der Waals surface area (Å²) in [6.45, 7) is 1.54. The second-order valence-corrected chi connectivity index (χ2v) is 9.49. The van der Waals surface area contributed by atoms with Crippen molar-refractivity contribution in [3.63, 3.8) is 0 Å². The standard InChI is InChI=1S/C20H26FN3O5/c1-9-14(25)15(26)17(29-9)24-8-13(21)16(23-19(24)28)22-18(27)20-5-10-2-11(6-20)4-12(3-10)7-20/h8-12,14-15,17,25-26H,2-7H2,1H3,(H,22,23,27,28)/t9-,10?,11?,12?,14?,15?,17-,20?/m1/s1. The molecule has 3 N–H and O–H groups in total. The van der Waals surface area contributed by atoms with Gasteiger partial charge in [-0.3, -0.25) is 9.36 Å². The molecule has 1 aromatic rings. The monoisotopic (exact) mass is 407 g/mol. The molecule has 4 saturated carbocycles. The van der Waals surface area contributed by atoms with E-state index < -0.39 is 47.3 Å². The first-order chi connectivity index (χ1) is 13.8. The first-order valence-electron chi connectivity index (χ1n) is 10.4. The molecule has 8 nitrogen and oxygen atoms in total. The van der Waals surface area contributed by atoms with Gasteiger partial charge in [0.25, 0.3) is 0 Å². The highest BCUT2D eigenvalue weighted by atomic mass is 19.1. The molecule has 6 rings (SSSR count). The zero-order valence-electron chi connectivity index (χ0n) is 16.3. The Morgan fingerprint density at radius 2 is 1.79 bits per heavy atom. The molecular weight excluding hydrogens is 381 g/mol. The number of nitrogens with zero attached hydrogens (tertiary/aromatic N) is 2. The van der Waals surface area contributed by atoms with E-state index >= 15 is 0 Å². The normalized spacial score (nSPS) is 43.0. The molecule has 4 atom stereocenters. The van der Waals surface area contributed by atoms with Crippen LogP contribution in [0.1, 0.15) is 51.7 Å². The summed E-state index contributed by atoms with van der Waals surface area (Å²) in [6, 6.07) is 0. The fourth-order valence-corrected chi connectivity index (χ4v) is 6.40. The van der Waals surface area contributed by atoms with E-state index in [0.717, 1.165) is 30.0 Å². The Hall–Kier alpha value is -1.84. The van der Waals surface area contributed by atoms with Crippen molar-refractivity contribution in [1.82, 2.24) is 9.55 Å². The van der Waals surface area contributed by atoms with E-state index in [-0.39, 0.29) is 5.91 Å². The molecule has 1 aromatic heterocycles. The number of ether oxygens (including phenoxy) is 1. The molecule has 2 heterocycles. The maximum absolute atomic E-state index is 14.7. The third-order valence-corrected chi connectivity index (χ3v) is 7.41. The SMILES string of the molecule is C[C@H]1O[C@@H](n2cc(F)c(NC(=O)C34CC5CC(CC(C5)C3)C4)nc2=O)C(O)C1O. The topological polar surface area (TPSA) is 114 Å². The van der Waals surface area contributed by atoms with Gasteiger partial charge < -0.3 is 20.3 Å². The van der Waals surface area contributed by atoms with Crippen molar-refractivity contribution in [2.24, 2.45) is 23.2 Å². The van der Waals surface area contributed by atoms with Crippen LogP contribution in [0.15, 0.2) is 11.0 Å². The number of rotatable bonds is 3. The number of halogens is 1. The second kappa shape index (κ2) is 6.58. The number of carbonyl (C=O) groups excluding carboxylic acids is 1. The van der Waals surface area contributed by atoms with Crippen molar-refractivity contribution in [3.05, 3.63) is 22.5 Å². The predicted octanol–water partition coefficient (Wildman–Crippen LogP) is 1.18. The molecule has 0 spiro atoms. The van der Waals surface area contributed by atoms with Gasteiger partial charge in [-0.15, -0.1) is 0 Å². The Morgan fingerprint density at radius 1 is 1.21 bits per heavy atom. The minimum atomic E-state index is -1.38. The number of hydrogen-bond acceptors (Lipinski definition) is 6. The summed E-state index contributed by atoms with van der Waals surface area (Å²) in [7, 11) is 0. The molecule has 5 fully saturated rings. The number of nitrogens with one attached hydrogen (secondary N) is 1. The Bertz CT molecular complexity index is 867. The Balaban J connectivity index is 1.38. The summed E-state index contributed by atoms with van der Waals surface area (Å²) in [4.78, 5) is 29.2. The van der Waals surface area contributed by atoms with Gasteiger partial charge in [-0.05, 0) is 63.2 Å². The van der Waals surface area contributed by atoms with Crippen LogP contribution in [0.2, 0.25) is 0 Å². The van der Waals surface area contributed by atoms with E-state index in [1.54, 1.807) is 6.92 Å². The molecule has 29 heavy (non-hydrogen) atoms. The van der Waals surface area contributed by atoms with Crippen LogP contribution in [-0.4, -0.2) is 44.0 Å². The van der Waals surface area contributed by atoms with Crippen LogP contribution >= 0.6 is 0 Å². The highest BCUT2D eigenvalue weighted by molar-refractivity contribution is 5.95. The Kier molecular flexibility index (Phi) is 4.34. The van der Waals surface area contributed by atoms with E-state index in [9.17, 15) is 24.2 Å². The van der Waals surface area contributed by atoms with Gasteiger partial charge in [0.2, 0.25) is 5.91 Å². The van der Waals surface area contributed by atoms with Gasteiger partial charge in [0.15, 0.2) is 17.9 Å². The lowest BCUT2D eigenvalue weighted by atomic mass is 9.49. The summed E-state index contributed by atoms with van der Waals surface area (Å²) in [5, 5.41) is 22.4. The van der Waals surface area contributed by atoms with Gasteiger partial charge in [0, 0.05) is 0 Å². The maximum atomic E-state index is 14.7. The van der Waals surface area contributed by atoms with Crippen LogP contribution in [0.3, 0.4) is 0 Å². The number of aromatic nitrogens is 2. The van der Waals surface area contributed by atoms with E-state index in [1.165, 1.54) is 19.3 Å². The molecule has 5 aliphatic rings. The third-order valence-electron chi connectivity index (χ3n) is 7.41. The van der Waals surface area contributed by atoms with Gasteiger partial charge in [0.05, 0.1) is 17.7 Å². The minimum Gasteiger partial charge on any atom is -0.388 e. The lowest BCUT2D eigenvalue weighted by molar-refractivity contribution is -0.140. The fourth-order valence-electron chi connectivity index (χ4n) is 6.40. The summed E-state index contributed by atoms with van der Waals surface area (Å²) in [6.07, 6.45) is 2.37. The van der Waals surface area contributed by atoms with Crippen molar-refractivity contribution >= 4 is 11.7 Å². The molecule has 9 heteroatoms. The van der Waals surface area contributed by atoms with Crippen molar-refractivity contribution < 1.29 is 24.1 Å². The van der Waals surface area contributed by atoms with Crippen molar-refractivity contribution in [3.8, 4) is 0 Å². The lowest BCUT2D eigenvalue weighted by Crippen LogP contribution is -2.52. The summed E-state index contributed by atoms with van der Waals surface area (Å²) >= 11 is 0. The van der Waals surface area contributed by atoms with Gasteiger partial charge in [-0.25, -0.2) is 9.18 Å². The van der Waals surface area contributed by atoms with Crippen molar-refractivity contribution in [2.75, 3.05) is 5.32 Å². The molecule has 0 aromatic carbocycles. The number of aliphatic hydroxyl groups excluding tert-OH is 2. The number of amides is 1. The van der Waals surface area contributed by atoms with E-state index in [2.05, 4.69) is 10.3 Å². The van der Waals surface area contributed by atoms with Crippen LogP contribution < -0.4 is 11.0 Å². The van der Waals surface area contributed by atoms with Crippen LogP contribution in [0, 0.1) is 29.0 Å². The largest absolute Gasteiger partial charge is 0.388 e. The Labute approximate surface area is 167 Å². The first-order valence-corrected chi connectivity index (χ1v) is 10.4. The quantitative estimate of drug-likeness (QED) is 0.693. The van der Waals surface area contributed by atoms with Gasteiger partial charge in [-0.1, -0.05) is 0 Å². The Morgan fingerprint density at radius 3 is 2.31 bits per heavy atom. The molecule has 4 aliphatic carbocycles. The summed E-state index contributed by atoms with van der Waals surface area (Å²) in [5.74, 6) is 0.161. The lowest BCUT2D eigenvalue weighted by Gasteiger charge is -2.55. The average molecular weight is 407 g/mol. The smallest absolute Gasteiger partial charge is 0.351 e. The number of hydrogen-bond donors (Lipinski definition) is 3.